The van der Waals surface area contributed by atoms with Gasteiger partial charge in [-0.05, 0) is 0 Å². The van der Waals surface area contributed by atoms with Crippen LogP contribution in [-0.2, 0) is 0 Å². The summed E-state index contributed by atoms with van der Waals surface area (Å²) in [6.45, 7) is 3.66. The number of hydrogen-bond donors (Lipinski definition) is 0. The van der Waals surface area contributed by atoms with Crippen molar-refractivity contribution in [2.75, 3.05) is 0 Å². The molecule has 0 rings (SSSR count). The van der Waals surface area contributed by atoms with Crippen LogP contribution in [0.5, 0.6) is 0 Å². The normalized spacial score (nSPS) is 7.50. The Kier molecular flexibility index (Phi) is 4.54. The van der Waals surface area contributed by atoms with Gasteiger partial charge in [-0.1, -0.05) is 0 Å². The van der Waals surface area contributed by atoms with E-state index in [1.807, 2.05) is 0 Å². The average molecular weight is 171 g/mol. The molecule has 0 heterocycles. The first-order chi connectivity index (χ1) is 1.91. The van der Waals surface area contributed by atoms with Gasteiger partial charge in [0.05, 0.1) is 0 Å². The van der Waals surface area contributed by atoms with Gasteiger partial charge in [0.1, 0.15) is 0 Å². The van der Waals surface area contributed by atoms with E-state index in [1.165, 1.54) is 4.47 Å². The summed E-state index contributed by atoms with van der Waals surface area (Å²) in [6, 6.07) is 0. The van der Waals surface area contributed by atoms with Gasteiger partial charge in [-0.3, -0.25) is 0 Å². The molecule has 25 valence electrons. The third kappa shape index (κ3) is 2.79. The summed E-state index contributed by atoms with van der Waals surface area (Å²) in [5.41, 5.74) is 0. The molecule has 0 spiro atoms. The molecule has 0 nitrogen and oxygen atoms in total. The van der Waals surface area contributed by atoms with E-state index in [2.05, 4.69) is 11.9 Å². The van der Waals surface area contributed by atoms with Gasteiger partial charge in [0.25, 0.3) is 0 Å². The first-order valence-electron chi connectivity index (χ1n) is 1.20. The van der Waals surface area contributed by atoms with Crippen LogP contribution in [0.1, 0.15) is 0 Å². The van der Waals surface area contributed by atoms with Crippen molar-refractivity contribution < 1.29 is 0 Å². The van der Waals surface area contributed by atoms with Crippen LogP contribution in [0.15, 0.2) is 0 Å². The first kappa shape index (κ1) is 4.79. The van der Waals surface area contributed by atoms with Gasteiger partial charge >= 0.3 is 37.3 Å². The van der Waals surface area contributed by atoms with Crippen molar-refractivity contribution in [2.24, 2.45) is 0 Å². The van der Waals surface area contributed by atoms with Crippen LogP contribution in [0, 0.1) is 6.92 Å². The molecule has 0 aromatic heterocycles. The number of rotatable bonds is 1. The summed E-state index contributed by atoms with van der Waals surface area (Å²) in [5.74, 6) is 0. The minimum atomic E-state index is 0.371. The van der Waals surface area contributed by atoms with Gasteiger partial charge < -0.3 is 0 Å². The molecule has 0 unspecified atom stereocenters. The van der Waals surface area contributed by atoms with Gasteiger partial charge in [-0.2, -0.15) is 0 Å². The van der Waals surface area contributed by atoms with Gasteiger partial charge in [0.2, 0.25) is 0 Å². The summed E-state index contributed by atoms with van der Waals surface area (Å²) in [4.78, 5) is 2.25. The minimum absolute atomic E-state index is 0.371. The molecule has 0 aromatic carbocycles. The second kappa shape index (κ2) is 3.79. The summed E-state index contributed by atoms with van der Waals surface area (Å²) in [7, 11) is 0. The van der Waals surface area contributed by atoms with Gasteiger partial charge in [-0.25, -0.2) is 0 Å². The molecule has 0 atom stereocenters. The standard InChI is InChI=1S/C3H7Te/c1-3-4-2/h1,3H2,2H3. The molecule has 0 aromatic rings. The van der Waals surface area contributed by atoms with Crippen LogP contribution in [0.25, 0.3) is 0 Å². The summed E-state index contributed by atoms with van der Waals surface area (Å²) >= 11 is 0.371. The van der Waals surface area contributed by atoms with Crippen molar-refractivity contribution in [2.45, 2.75) is 9.44 Å². The molecule has 1 heteroatoms. The monoisotopic (exact) mass is 173 g/mol. The van der Waals surface area contributed by atoms with Crippen molar-refractivity contribution in [1.29, 1.82) is 0 Å². The van der Waals surface area contributed by atoms with Gasteiger partial charge in [0, 0.05) is 0 Å². The third-order valence-electron chi connectivity index (χ3n) is 0.204. The van der Waals surface area contributed by atoms with Crippen LogP contribution in [0.2, 0.25) is 9.44 Å². The van der Waals surface area contributed by atoms with Crippen LogP contribution in [-0.4, -0.2) is 20.9 Å². The summed E-state index contributed by atoms with van der Waals surface area (Å²) in [6.07, 6.45) is 0. The fourth-order valence-corrected chi connectivity index (χ4v) is 0. The fourth-order valence-electron chi connectivity index (χ4n) is 0. The maximum atomic E-state index is 3.66. The molecule has 0 aliphatic rings. The Labute approximate surface area is 37.7 Å². The Bertz CT molecular complexity index is 5.25. The van der Waals surface area contributed by atoms with Crippen LogP contribution in [0.4, 0.5) is 0 Å². The molecule has 0 N–H and O–H groups in total. The zero-order valence-corrected chi connectivity index (χ0v) is 5.15. The molecule has 0 saturated carbocycles. The van der Waals surface area contributed by atoms with Gasteiger partial charge in [-0.15, -0.1) is 0 Å². The predicted octanol–water partition coefficient (Wildman–Crippen LogP) is 0.991. The Hall–Kier alpha value is 0.790. The second-order valence-corrected chi connectivity index (χ2v) is 3.31. The molecule has 4 heavy (non-hydrogen) atoms. The summed E-state index contributed by atoms with van der Waals surface area (Å²) < 4.78 is 1.20. The van der Waals surface area contributed by atoms with E-state index in [0.29, 0.717) is 20.9 Å². The molecule has 0 aliphatic carbocycles. The fraction of sp³-hybridized carbons (Fsp3) is 0.667. The van der Waals surface area contributed by atoms with Crippen LogP contribution < -0.4 is 0 Å². The van der Waals surface area contributed by atoms with E-state index in [9.17, 15) is 0 Å². The van der Waals surface area contributed by atoms with Gasteiger partial charge in [0.15, 0.2) is 0 Å². The van der Waals surface area contributed by atoms with E-state index < -0.39 is 0 Å². The zero-order chi connectivity index (χ0) is 3.41. The second-order valence-electron chi connectivity index (χ2n) is 0.493. The Balaban J connectivity index is 1.97. The van der Waals surface area contributed by atoms with Crippen molar-refractivity contribution in [3.63, 3.8) is 0 Å². The molecule has 1 radical (unpaired) electrons. The first-order valence-corrected chi connectivity index (χ1v) is 5.18. The summed E-state index contributed by atoms with van der Waals surface area (Å²) in [5, 5.41) is 0. The topological polar surface area (TPSA) is 0 Å². The SMILES string of the molecule is [CH2]C[Te]C. The molecule has 0 amide bonds. The molecule has 0 saturated heterocycles. The Morgan fingerprint density at radius 3 is 2.25 bits per heavy atom. The molecular weight excluding hydrogens is 164 g/mol. The maximum absolute atomic E-state index is 3.66. The van der Waals surface area contributed by atoms with E-state index in [0.717, 1.165) is 0 Å². The molecular formula is C3H7Te. The number of hydrogen-bond acceptors (Lipinski definition) is 0. The molecule has 0 bridgehead atoms. The van der Waals surface area contributed by atoms with Crippen molar-refractivity contribution in [3.05, 3.63) is 6.92 Å². The van der Waals surface area contributed by atoms with Crippen LogP contribution >= 0.6 is 0 Å². The van der Waals surface area contributed by atoms with E-state index >= 15 is 0 Å². The van der Waals surface area contributed by atoms with Crippen molar-refractivity contribution >= 4 is 20.9 Å². The van der Waals surface area contributed by atoms with E-state index in [-0.39, 0.29) is 0 Å². The third-order valence-corrected chi connectivity index (χ3v) is 1.37. The van der Waals surface area contributed by atoms with Crippen molar-refractivity contribution in [1.82, 2.24) is 0 Å². The van der Waals surface area contributed by atoms with E-state index in [4.69, 9.17) is 0 Å². The average Bonchev–Trinajstić information content (AvgIpc) is 1.37. The van der Waals surface area contributed by atoms with E-state index in [1.54, 1.807) is 0 Å². The quantitative estimate of drug-likeness (QED) is 0.515. The molecule has 0 aliphatic heterocycles. The Morgan fingerprint density at radius 2 is 2.25 bits per heavy atom. The Morgan fingerprint density at radius 1 is 2.00 bits per heavy atom. The van der Waals surface area contributed by atoms with Crippen molar-refractivity contribution in [3.8, 4) is 0 Å². The van der Waals surface area contributed by atoms with Crippen LogP contribution in [0.3, 0.4) is 0 Å². The molecule has 0 fully saturated rings. The zero-order valence-electron chi connectivity index (χ0n) is 2.82. The predicted molar refractivity (Wildman–Crippen MR) is 21.8 cm³/mol.